The summed E-state index contributed by atoms with van der Waals surface area (Å²) < 4.78 is 48.8. The van der Waals surface area contributed by atoms with E-state index in [0.29, 0.717) is 0 Å². The molecule has 1 unspecified atom stereocenters. The third-order valence-corrected chi connectivity index (χ3v) is 2.30. The van der Waals surface area contributed by atoms with E-state index in [9.17, 15) is 17.6 Å². The molecule has 0 saturated carbocycles. The van der Waals surface area contributed by atoms with E-state index in [-0.39, 0.29) is 12.1 Å². The lowest BCUT2D eigenvalue weighted by Crippen LogP contribution is -2.23. The Labute approximate surface area is 76.7 Å². The first kappa shape index (κ1) is 10.4. The minimum absolute atomic E-state index is 0.288. The number of alkyl halides is 4. The molecule has 1 aliphatic rings. The van der Waals surface area contributed by atoms with Gasteiger partial charge in [-0.2, -0.15) is 13.2 Å². The smallest absolute Gasteiger partial charge is 0.399 e. The van der Waals surface area contributed by atoms with Crippen molar-refractivity contribution < 1.29 is 17.6 Å². The summed E-state index contributed by atoms with van der Waals surface area (Å²) in [7, 11) is 0. The van der Waals surface area contributed by atoms with Crippen LogP contribution in [0.15, 0.2) is 23.9 Å². The van der Waals surface area contributed by atoms with Crippen LogP contribution in [-0.4, -0.2) is 10.5 Å². The molecule has 0 radical (unpaired) electrons. The average Bonchev–Trinajstić information content (AvgIpc) is 1.92. The Morgan fingerprint density at radius 3 is 2.46 bits per heavy atom. The van der Waals surface area contributed by atoms with Gasteiger partial charge in [-0.15, -0.1) is 0 Å². The number of hydrogen-bond donors (Lipinski definition) is 1. The maximum atomic E-state index is 13.3. The lowest BCUT2D eigenvalue weighted by atomic mass is 10.1. The van der Waals surface area contributed by atoms with Crippen molar-refractivity contribution in [2.75, 3.05) is 0 Å². The highest BCUT2D eigenvalue weighted by Crippen LogP contribution is 2.45. The Morgan fingerprint density at radius 2 is 2.08 bits per heavy atom. The second kappa shape index (κ2) is 3.25. The number of rotatable bonds is 1. The molecule has 1 rings (SSSR count). The maximum Gasteiger partial charge on any atom is 0.445 e. The number of hydrogen-bond acceptors (Lipinski definition) is 2. The van der Waals surface area contributed by atoms with Gasteiger partial charge < -0.3 is 5.73 Å². The minimum atomic E-state index is -4.57. The number of nitrogens with two attached hydrogens (primary N) is 1. The lowest BCUT2D eigenvalue weighted by Gasteiger charge is -2.23. The first-order chi connectivity index (χ1) is 5.81. The third-order valence-electron chi connectivity index (χ3n) is 1.43. The Morgan fingerprint density at radius 1 is 1.46 bits per heavy atom. The molecule has 1 atom stereocenters. The van der Waals surface area contributed by atoms with Crippen LogP contribution >= 0.6 is 11.8 Å². The summed E-state index contributed by atoms with van der Waals surface area (Å²) in [5.74, 6) is 0. The van der Waals surface area contributed by atoms with Crippen LogP contribution in [-0.2, 0) is 0 Å². The molecule has 2 N–H and O–H groups in total. The second-order valence-electron chi connectivity index (χ2n) is 2.58. The van der Waals surface area contributed by atoms with Gasteiger partial charge >= 0.3 is 5.51 Å². The fourth-order valence-electron chi connectivity index (χ4n) is 0.882. The van der Waals surface area contributed by atoms with Gasteiger partial charge in [0.05, 0.1) is 0 Å². The zero-order valence-corrected chi connectivity index (χ0v) is 7.25. The molecular formula is C7H7F4NS. The summed E-state index contributed by atoms with van der Waals surface area (Å²) in [6.07, 6.45) is 2.86. The molecule has 13 heavy (non-hydrogen) atoms. The average molecular weight is 213 g/mol. The van der Waals surface area contributed by atoms with Crippen LogP contribution in [0.1, 0.15) is 6.42 Å². The molecule has 0 aliphatic heterocycles. The van der Waals surface area contributed by atoms with E-state index in [1.54, 1.807) is 0 Å². The quantitative estimate of drug-likeness (QED) is 0.678. The van der Waals surface area contributed by atoms with Crippen molar-refractivity contribution in [2.24, 2.45) is 5.73 Å². The van der Waals surface area contributed by atoms with Crippen molar-refractivity contribution in [1.82, 2.24) is 0 Å². The largest absolute Gasteiger partial charge is 0.445 e. The minimum Gasteiger partial charge on any atom is -0.399 e. The SMILES string of the molecule is NC1=CCC(F)(SC(F)(F)F)C=C1. The molecule has 1 nitrogen and oxygen atoms in total. The van der Waals surface area contributed by atoms with Crippen LogP contribution in [0.5, 0.6) is 0 Å². The fraction of sp³-hybridized carbons (Fsp3) is 0.429. The van der Waals surface area contributed by atoms with E-state index in [2.05, 4.69) is 0 Å². The third kappa shape index (κ3) is 3.30. The molecule has 0 amide bonds. The molecule has 74 valence electrons. The molecule has 0 bridgehead atoms. The van der Waals surface area contributed by atoms with Crippen LogP contribution in [0.25, 0.3) is 0 Å². The van der Waals surface area contributed by atoms with Crippen LogP contribution in [0.2, 0.25) is 0 Å². The van der Waals surface area contributed by atoms with Crippen LogP contribution in [0, 0.1) is 0 Å². The second-order valence-corrected chi connectivity index (χ2v) is 3.92. The Bertz CT molecular complexity index is 258. The van der Waals surface area contributed by atoms with Gasteiger partial charge in [0.25, 0.3) is 0 Å². The fourth-order valence-corrected chi connectivity index (χ4v) is 1.57. The molecule has 1 aliphatic carbocycles. The van der Waals surface area contributed by atoms with Crippen molar-refractivity contribution >= 4 is 11.8 Å². The van der Waals surface area contributed by atoms with Gasteiger partial charge in [0.1, 0.15) is 0 Å². The van der Waals surface area contributed by atoms with Gasteiger partial charge in [-0.05, 0) is 23.9 Å². The van der Waals surface area contributed by atoms with E-state index >= 15 is 0 Å². The highest BCUT2D eigenvalue weighted by Gasteiger charge is 2.42. The molecular weight excluding hydrogens is 206 g/mol. The Hall–Kier alpha value is -0.650. The topological polar surface area (TPSA) is 26.0 Å². The van der Waals surface area contributed by atoms with Crippen molar-refractivity contribution in [3.63, 3.8) is 0 Å². The Kier molecular flexibility index (Phi) is 2.61. The molecule has 6 heteroatoms. The molecule has 0 fully saturated rings. The molecule has 0 spiro atoms. The van der Waals surface area contributed by atoms with Gasteiger partial charge in [-0.25, -0.2) is 4.39 Å². The van der Waals surface area contributed by atoms with Gasteiger partial charge in [0.15, 0.2) is 5.00 Å². The van der Waals surface area contributed by atoms with E-state index in [1.165, 1.54) is 6.08 Å². The van der Waals surface area contributed by atoms with Crippen molar-refractivity contribution in [3.05, 3.63) is 23.9 Å². The van der Waals surface area contributed by atoms with E-state index in [4.69, 9.17) is 5.73 Å². The molecule has 0 aromatic rings. The van der Waals surface area contributed by atoms with E-state index in [0.717, 1.165) is 12.2 Å². The molecule has 0 heterocycles. The lowest BCUT2D eigenvalue weighted by molar-refractivity contribution is -0.0353. The van der Waals surface area contributed by atoms with Crippen molar-refractivity contribution in [3.8, 4) is 0 Å². The van der Waals surface area contributed by atoms with Crippen molar-refractivity contribution in [1.29, 1.82) is 0 Å². The zero-order chi connectivity index (χ0) is 10.1. The van der Waals surface area contributed by atoms with Gasteiger partial charge in [0.2, 0.25) is 0 Å². The monoisotopic (exact) mass is 213 g/mol. The summed E-state index contributed by atoms with van der Waals surface area (Å²) in [5.41, 5.74) is 0.954. The first-order valence-electron chi connectivity index (χ1n) is 3.41. The standard InChI is InChI=1S/C7H7F4NS/c8-6(13-7(9,10)11)3-1-5(12)2-4-6/h1-3H,4,12H2. The van der Waals surface area contributed by atoms with Crippen molar-refractivity contribution in [2.45, 2.75) is 16.9 Å². The Balaban J connectivity index is 2.66. The summed E-state index contributed by atoms with van der Waals surface area (Å²) in [6, 6.07) is 0. The van der Waals surface area contributed by atoms with Gasteiger partial charge in [0, 0.05) is 12.1 Å². The van der Waals surface area contributed by atoms with E-state index < -0.39 is 22.3 Å². The van der Waals surface area contributed by atoms with Gasteiger partial charge in [-0.1, -0.05) is 6.08 Å². The molecule has 0 aromatic heterocycles. The summed E-state index contributed by atoms with van der Waals surface area (Å²) in [4.78, 5) is 0. The number of thioether (sulfide) groups is 1. The molecule has 0 aromatic carbocycles. The predicted molar refractivity (Wildman–Crippen MR) is 43.5 cm³/mol. The van der Waals surface area contributed by atoms with Crippen LogP contribution in [0.3, 0.4) is 0 Å². The number of halogens is 4. The number of allylic oxidation sites excluding steroid dienone is 2. The summed E-state index contributed by atoms with van der Waals surface area (Å²) in [5, 5.41) is -2.40. The highest BCUT2D eigenvalue weighted by atomic mass is 32.2. The van der Waals surface area contributed by atoms with Crippen LogP contribution < -0.4 is 5.73 Å². The highest BCUT2D eigenvalue weighted by molar-refractivity contribution is 8.01. The first-order valence-corrected chi connectivity index (χ1v) is 4.23. The van der Waals surface area contributed by atoms with E-state index in [1.807, 2.05) is 0 Å². The zero-order valence-electron chi connectivity index (χ0n) is 6.44. The maximum absolute atomic E-state index is 13.3. The molecule has 0 saturated heterocycles. The normalized spacial score (nSPS) is 28.8. The summed E-state index contributed by atoms with van der Waals surface area (Å²) >= 11 is -0.672. The predicted octanol–water partition coefficient (Wildman–Crippen LogP) is 2.71. The summed E-state index contributed by atoms with van der Waals surface area (Å²) in [6.45, 7) is 0. The van der Waals surface area contributed by atoms with Crippen LogP contribution in [0.4, 0.5) is 17.6 Å². The van der Waals surface area contributed by atoms with Gasteiger partial charge in [-0.3, -0.25) is 0 Å².